The first-order chi connectivity index (χ1) is 20.4. The Hall–Kier alpha value is -3.65. The highest BCUT2D eigenvalue weighted by molar-refractivity contribution is 7.88. The van der Waals surface area contributed by atoms with Gasteiger partial charge in [-0.2, -0.15) is 0 Å². The molecule has 1 aliphatic heterocycles. The molecule has 3 atom stereocenters. The van der Waals surface area contributed by atoms with E-state index in [0.717, 1.165) is 29.1 Å². The van der Waals surface area contributed by atoms with Crippen LogP contribution in [-0.2, 0) is 35.7 Å². The van der Waals surface area contributed by atoms with Gasteiger partial charge in [0.15, 0.2) is 6.29 Å². The summed E-state index contributed by atoms with van der Waals surface area (Å²) in [5.74, 6) is -2.99. The molecule has 0 aliphatic carbocycles. The molecule has 2 aromatic rings. The first-order valence-electron chi connectivity index (χ1n) is 14.2. The maximum absolute atomic E-state index is 13.8. The highest BCUT2D eigenvalue weighted by Crippen LogP contribution is 2.27. The van der Waals surface area contributed by atoms with Crippen LogP contribution in [0.2, 0.25) is 0 Å². The number of hydroxylamine groups is 1. The molecule has 3 rings (SSSR count). The molecule has 1 saturated heterocycles. The predicted molar refractivity (Wildman–Crippen MR) is 161 cm³/mol. The largest absolute Gasteiger partial charge is 0.350 e. The molecule has 0 radical (unpaired) electrons. The molecule has 0 saturated carbocycles. The number of hydrogen-bond acceptors (Lipinski definition) is 8. The van der Waals surface area contributed by atoms with Crippen molar-refractivity contribution in [2.24, 2.45) is 17.8 Å². The molecular formula is C30H40N4O8S. The van der Waals surface area contributed by atoms with Gasteiger partial charge in [-0.1, -0.05) is 68.5 Å². The van der Waals surface area contributed by atoms with Crippen LogP contribution in [0.4, 0.5) is 5.69 Å². The summed E-state index contributed by atoms with van der Waals surface area (Å²) in [7, 11) is -3.96. The van der Waals surface area contributed by atoms with Crippen molar-refractivity contribution in [2.75, 3.05) is 12.9 Å². The van der Waals surface area contributed by atoms with Crippen LogP contribution < -0.4 is 10.9 Å². The Labute approximate surface area is 252 Å². The van der Waals surface area contributed by atoms with Crippen LogP contribution in [0.25, 0.3) is 6.08 Å². The van der Waals surface area contributed by atoms with Crippen molar-refractivity contribution in [2.45, 2.75) is 58.8 Å². The first-order valence-corrected chi connectivity index (χ1v) is 16.1. The van der Waals surface area contributed by atoms with Crippen molar-refractivity contribution in [3.63, 3.8) is 0 Å². The zero-order valence-corrected chi connectivity index (χ0v) is 25.5. The van der Waals surface area contributed by atoms with E-state index in [1.807, 2.05) is 56.3 Å². The lowest BCUT2D eigenvalue weighted by Crippen LogP contribution is -2.50. The van der Waals surface area contributed by atoms with E-state index in [2.05, 4.69) is 10.9 Å². The minimum atomic E-state index is -3.96. The Balaban J connectivity index is 1.84. The number of nitro benzene ring substituents is 1. The van der Waals surface area contributed by atoms with Gasteiger partial charge in [0, 0.05) is 25.2 Å². The molecule has 43 heavy (non-hydrogen) atoms. The summed E-state index contributed by atoms with van der Waals surface area (Å²) in [5, 5.41) is 11.0. The topological polar surface area (TPSA) is 157 Å². The molecule has 1 aliphatic rings. The highest BCUT2D eigenvalue weighted by Gasteiger charge is 2.36. The third-order valence-corrected chi connectivity index (χ3v) is 7.94. The van der Waals surface area contributed by atoms with E-state index in [9.17, 15) is 28.1 Å². The Morgan fingerprint density at radius 3 is 2.37 bits per heavy atom. The number of non-ortho nitro benzene ring substituents is 1. The lowest BCUT2D eigenvalue weighted by atomic mass is 9.82. The number of carbonyl (C=O) groups is 2. The summed E-state index contributed by atoms with van der Waals surface area (Å²) in [6, 6.07) is 14.9. The summed E-state index contributed by atoms with van der Waals surface area (Å²) in [6.45, 7) is 4.08. The Morgan fingerprint density at radius 1 is 1.09 bits per heavy atom. The lowest BCUT2D eigenvalue weighted by molar-refractivity contribution is -0.384. The van der Waals surface area contributed by atoms with Gasteiger partial charge >= 0.3 is 0 Å². The molecule has 1 fully saturated rings. The lowest BCUT2D eigenvalue weighted by Gasteiger charge is -2.30. The van der Waals surface area contributed by atoms with E-state index in [-0.39, 0.29) is 31.0 Å². The van der Waals surface area contributed by atoms with Gasteiger partial charge in [-0.15, -0.1) is 4.41 Å². The maximum atomic E-state index is 13.8. The number of allylic oxidation sites excluding steroid dienone is 1. The third kappa shape index (κ3) is 11.2. The van der Waals surface area contributed by atoms with E-state index in [1.165, 1.54) is 24.3 Å². The quantitative estimate of drug-likeness (QED) is 0.221. The normalized spacial score (nSPS) is 17.1. The van der Waals surface area contributed by atoms with E-state index < -0.39 is 44.9 Å². The number of benzene rings is 2. The summed E-state index contributed by atoms with van der Waals surface area (Å²) < 4.78 is 31.7. The van der Waals surface area contributed by atoms with Gasteiger partial charge < -0.3 is 4.74 Å². The summed E-state index contributed by atoms with van der Waals surface area (Å²) >= 11 is 0. The summed E-state index contributed by atoms with van der Waals surface area (Å²) in [6.07, 6.45) is 6.93. The van der Waals surface area contributed by atoms with E-state index in [1.54, 1.807) is 0 Å². The molecule has 12 nitrogen and oxygen atoms in total. The minimum absolute atomic E-state index is 0.00638. The second kappa shape index (κ2) is 16.3. The molecule has 13 heteroatoms. The number of nitrogens with zero attached hydrogens (tertiary/aromatic N) is 2. The van der Waals surface area contributed by atoms with E-state index in [0.29, 0.717) is 18.6 Å². The van der Waals surface area contributed by atoms with Crippen molar-refractivity contribution in [3.05, 3.63) is 81.9 Å². The number of hydrazine groups is 1. The van der Waals surface area contributed by atoms with Crippen LogP contribution in [0.15, 0.2) is 60.7 Å². The fourth-order valence-electron chi connectivity index (χ4n) is 4.67. The van der Waals surface area contributed by atoms with Crippen LogP contribution in [0, 0.1) is 27.9 Å². The monoisotopic (exact) mass is 616 g/mol. The smallest absolute Gasteiger partial charge is 0.269 e. The standard InChI is InChI=1S/C30H40N4O8S/c1-22(2)20-27(29(35)31-33(43(3,39)40)21-24-15-17-25(18-16-24)34(37)38)26(13-9-12-23-10-5-4-6-11-23)30(36)32-42-28-14-7-8-19-41-28/h4-6,9-12,15-18,22,26-28H,7-8,13-14,19-21H2,1-3H3,(H,31,35)(H,32,36)/b12-9+/t26-,27+,28?/m0/s1. The molecule has 0 bridgehead atoms. The van der Waals surface area contributed by atoms with Crippen LogP contribution in [-0.4, -0.2) is 48.7 Å². The van der Waals surface area contributed by atoms with Gasteiger partial charge in [0.1, 0.15) is 0 Å². The second-order valence-corrected chi connectivity index (χ2v) is 12.8. The molecule has 1 unspecified atom stereocenters. The Bertz CT molecular complexity index is 1340. The van der Waals surface area contributed by atoms with Crippen molar-refractivity contribution >= 4 is 33.6 Å². The van der Waals surface area contributed by atoms with Crippen LogP contribution in [0.1, 0.15) is 57.1 Å². The van der Waals surface area contributed by atoms with Gasteiger partial charge in [-0.25, -0.2) is 18.7 Å². The van der Waals surface area contributed by atoms with Gasteiger partial charge in [-0.05, 0) is 42.7 Å². The SMILES string of the molecule is CC(C)C[C@@H](C(=O)NN(Cc1ccc([N+](=O)[O-])cc1)S(C)(=O)=O)[C@H](C/C=C/c1ccccc1)C(=O)NOC1CCCCO1. The number of nitrogens with one attached hydrogen (secondary N) is 2. The molecule has 2 N–H and O–H groups in total. The first kappa shape index (κ1) is 33.8. The van der Waals surface area contributed by atoms with Crippen LogP contribution >= 0.6 is 0 Å². The number of carbonyl (C=O) groups excluding carboxylic acids is 2. The average Bonchev–Trinajstić information content (AvgIpc) is 2.97. The number of sulfonamides is 1. The van der Waals surface area contributed by atoms with Gasteiger partial charge in [-0.3, -0.25) is 25.1 Å². The van der Waals surface area contributed by atoms with Crippen LogP contribution in [0.3, 0.4) is 0 Å². The van der Waals surface area contributed by atoms with Gasteiger partial charge in [0.25, 0.3) is 5.69 Å². The molecule has 2 amide bonds. The van der Waals surface area contributed by atoms with Gasteiger partial charge in [0.05, 0.1) is 29.6 Å². The van der Waals surface area contributed by atoms with Crippen molar-refractivity contribution in [1.82, 2.24) is 15.3 Å². The third-order valence-electron chi connectivity index (χ3n) is 6.92. The highest BCUT2D eigenvalue weighted by atomic mass is 32.2. The summed E-state index contributed by atoms with van der Waals surface area (Å²) in [4.78, 5) is 43.3. The minimum Gasteiger partial charge on any atom is -0.350 e. The number of ether oxygens (including phenoxy) is 1. The molecule has 0 spiro atoms. The number of hydrogen-bond donors (Lipinski definition) is 2. The molecule has 234 valence electrons. The van der Waals surface area contributed by atoms with E-state index in [4.69, 9.17) is 9.57 Å². The van der Waals surface area contributed by atoms with E-state index >= 15 is 0 Å². The maximum Gasteiger partial charge on any atom is 0.269 e. The fraction of sp³-hybridized carbons (Fsp3) is 0.467. The zero-order valence-electron chi connectivity index (χ0n) is 24.7. The summed E-state index contributed by atoms with van der Waals surface area (Å²) in [5.41, 5.74) is 6.19. The van der Waals surface area contributed by atoms with Crippen molar-refractivity contribution < 1.29 is 32.5 Å². The molecule has 1 heterocycles. The fourth-order valence-corrected chi connectivity index (χ4v) is 5.31. The number of amides is 2. The average molecular weight is 617 g/mol. The molecule has 0 aromatic heterocycles. The van der Waals surface area contributed by atoms with Gasteiger partial charge in [0.2, 0.25) is 21.8 Å². The Kier molecular flexibility index (Phi) is 12.8. The number of nitro groups is 1. The number of rotatable bonds is 15. The second-order valence-electron chi connectivity index (χ2n) is 10.9. The van der Waals surface area contributed by atoms with Crippen LogP contribution in [0.5, 0.6) is 0 Å². The predicted octanol–water partition coefficient (Wildman–Crippen LogP) is 4.34. The molecule has 2 aromatic carbocycles. The zero-order chi connectivity index (χ0) is 31.4. The Morgan fingerprint density at radius 2 is 1.79 bits per heavy atom. The van der Waals surface area contributed by atoms with Crippen molar-refractivity contribution in [3.8, 4) is 0 Å². The van der Waals surface area contributed by atoms with Crippen molar-refractivity contribution in [1.29, 1.82) is 0 Å². The molecular weight excluding hydrogens is 576 g/mol.